The van der Waals surface area contributed by atoms with Crippen LogP contribution in [0.15, 0.2) is 0 Å². The summed E-state index contributed by atoms with van der Waals surface area (Å²) in [6, 6.07) is 0. The minimum Gasteiger partial charge on any atom is -0.393 e. The largest absolute Gasteiger partial charge is 0.393 e. The molecule has 0 amide bonds. The Bertz CT molecular complexity index is 283. The molecule has 0 aliphatic rings. The Morgan fingerprint density at radius 3 is 2.21 bits per heavy atom. The lowest BCUT2D eigenvalue weighted by molar-refractivity contribution is -0.118. The van der Waals surface area contributed by atoms with Gasteiger partial charge >= 0.3 is 7.60 Å². The molecule has 0 radical (unpaired) electrons. The van der Waals surface area contributed by atoms with E-state index in [0.717, 1.165) is 19.3 Å². The summed E-state index contributed by atoms with van der Waals surface area (Å²) in [6.07, 6.45) is 2.74. The standard InChI is InChI=1S/C13H27O5P/c1-4-7-8-9-12(14)10-13(15)11-19(16,17-5-2)18-6-3/h12,14H,4-11H2,1-3H3. The summed E-state index contributed by atoms with van der Waals surface area (Å²) in [6.45, 7) is 5.97. The van der Waals surface area contributed by atoms with Crippen molar-refractivity contribution in [1.82, 2.24) is 0 Å². The van der Waals surface area contributed by atoms with Crippen LogP contribution >= 0.6 is 7.60 Å². The monoisotopic (exact) mass is 294 g/mol. The van der Waals surface area contributed by atoms with Crippen LogP contribution in [0.25, 0.3) is 0 Å². The third-order valence-electron chi connectivity index (χ3n) is 2.63. The van der Waals surface area contributed by atoms with E-state index < -0.39 is 13.7 Å². The average molecular weight is 294 g/mol. The van der Waals surface area contributed by atoms with Crippen molar-refractivity contribution in [2.75, 3.05) is 19.4 Å². The van der Waals surface area contributed by atoms with E-state index in [0.29, 0.717) is 6.42 Å². The molecule has 0 heterocycles. The minimum absolute atomic E-state index is 0.0217. The van der Waals surface area contributed by atoms with Gasteiger partial charge in [-0.2, -0.15) is 0 Å². The molecule has 0 saturated carbocycles. The number of hydrogen-bond donors (Lipinski definition) is 1. The van der Waals surface area contributed by atoms with Crippen molar-refractivity contribution in [3.05, 3.63) is 0 Å². The van der Waals surface area contributed by atoms with E-state index in [4.69, 9.17) is 9.05 Å². The van der Waals surface area contributed by atoms with Crippen molar-refractivity contribution in [3.63, 3.8) is 0 Å². The second-order valence-electron chi connectivity index (χ2n) is 4.50. The van der Waals surface area contributed by atoms with E-state index in [1.165, 1.54) is 0 Å². The van der Waals surface area contributed by atoms with Gasteiger partial charge < -0.3 is 14.2 Å². The normalized spacial score (nSPS) is 13.5. The van der Waals surface area contributed by atoms with Crippen LogP contribution in [0.5, 0.6) is 0 Å². The van der Waals surface area contributed by atoms with E-state index in [9.17, 15) is 14.5 Å². The van der Waals surface area contributed by atoms with Crippen LogP contribution < -0.4 is 0 Å². The number of aliphatic hydroxyl groups excluding tert-OH is 1. The zero-order valence-electron chi connectivity index (χ0n) is 12.3. The van der Waals surface area contributed by atoms with Gasteiger partial charge in [-0.05, 0) is 20.3 Å². The highest BCUT2D eigenvalue weighted by atomic mass is 31.2. The molecular formula is C13H27O5P. The fourth-order valence-corrected chi connectivity index (χ4v) is 3.40. The predicted molar refractivity (Wildman–Crippen MR) is 75.5 cm³/mol. The Kier molecular flexibility index (Phi) is 10.4. The van der Waals surface area contributed by atoms with E-state index in [1.807, 2.05) is 0 Å². The Labute approximate surface area is 116 Å². The SMILES string of the molecule is CCCCCC(O)CC(=O)CP(=O)(OCC)OCC. The zero-order valence-corrected chi connectivity index (χ0v) is 13.2. The first kappa shape index (κ1) is 18.8. The number of rotatable bonds is 12. The van der Waals surface area contributed by atoms with Gasteiger partial charge in [0.15, 0.2) is 0 Å². The molecule has 19 heavy (non-hydrogen) atoms. The van der Waals surface area contributed by atoms with Crippen LogP contribution in [0, 0.1) is 0 Å². The highest BCUT2D eigenvalue weighted by molar-refractivity contribution is 7.54. The van der Waals surface area contributed by atoms with Crippen LogP contribution in [0.2, 0.25) is 0 Å². The highest BCUT2D eigenvalue weighted by Crippen LogP contribution is 2.48. The highest BCUT2D eigenvalue weighted by Gasteiger charge is 2.28. The van der Waals surface area contributed by atoms with Gasteiger partial charge in [0, 0.05) is 6.42 Å². The first-order valence-electron chi connectivity index (χ1n) is 7.05. The summed E-state index contributed by atoms with van der Waals surface area (Å²) in [5.41, 5.74) is 0. The lowest BCUT2D eigenvalue weighted by atomic mass is 10.1. The zero-order chi connectivity index (χ0) is 14.7. The molecule has 1 N–H and O–H groups in total. The predicted octanol–water partition coefficient (Wildman–Crippen LogP) is 3.15. The Hall–Kier alpha value is -0.220. The van der Waals surface area contributed by atoms with E-state index in [2.05, 4.69) is 6.92 Å². The van der Waals surface area contributed by atoms with Crippen LogP contribution in [0.4, 0.5) is 0 Å². The number of Topliss-reactive ketones (excluding diaryl/α,β-unsaturated/α-hetero) is 1. The van der Waals surface area contributed by atoms with Gasteiger partial charge in [0.1, 0.15) is 11.9 Å². The van der Waals surface area contributed by atoms with E-state index >= 15 is 0 Å². The molecule has 0 fully saturated rings. The van der Waals surface area contributed by atoms with E-state index in [-0.39, 0.29) is 31.6 Å². The number of aliphatic hydroxyl groups is 1. The smallest absolute Gasteiger partial charge is 0.338 e. The molecule has 0 aliphatic carbocycles. The van der Waals surface area contributed by atoms with Crippen LogP contribution in [0.1, 0.15) is 52.9 Å². The summed E-state index contributed by atoms with van der Waals surface area (Å²) in [7, 11) is -3.32. The molecule has 0 rings (SSSR count). The second kappa shape index (κ2) is 10.6. The number of carbonyl (C=O) groups excluding carboxylic acids is 1. The molecular weight excluding hydrogens is 267 g/mol. The van der Waals surface area contributed by atoms with Crippen LogP contribution in [-0.4, -0.2) is 36.4 Å². The molecule has 1 unspecified atom stereocenters. The first-order valence-corrected chi connectivity index (χ1v) is 8.78. The first-order chi connectivity index (χ1) is 8.97. The van der Waals surface area contributed by atoms with Crippen molar-refractivity contribution < 1.29 is 23.5 Å². The number of carbonyl (C=O) groups is 1. The van der Waals surface area contributed by atoms with E-state index in [1.54, 1.807) is 13.8 Å². The van der Waals surface area contributed by atoms with Crippen molar-refractivity contribution in [3.8, 4) is 0 Å². The van der Waals surface area contributed by atoms with Gasteiger partial charge in [-0.15, -0.1) is 0 Å². The Morgan fingerprint density at radius 2 is 1.74 bits per heavy atom. The average Bonchev–Trinajstić information content (AvgIpc) is 2.29. The number of unbranched alkanes of at least 4 members (excludes halogenated alkanes) is 2. The maximum atomic E-state index is 12.1. The van der Waals surface area contributed by atoms with Gasteiger partial charge in [0.25, 0.3) is 0 Å². The quantitative estimate of drug-likeness (QED) is 0.442. The molecule has 1 atom stereocenters. The molecule has 0 saturated heterocycles. The summed E-state index contributed by atoms with van der Waals surface area (Å²) in [5, 5.41) is 9.71. The third-order valence-corrected chi connectivity index (χ3v) is 4.67. The Morgan fingerprint density at radius 1 is 1.16 bits per heavy atom. The summed E-state index contributed by atoms with van der Waals surface area (Å²) in [5.74, 6) is -0.269. The second-order valence-corrected chi connectivity index (χ2v) is 6.55. The molecule has 0 spiro atoms. The molecule has 0 bridgehead atoms. The molecule has 0 aliphatic heterocycles. The lowest BCUT2D eigenvalue weighted by Gasteiger charge is -2.17. The third kappa shape index (κ3) is 9.33. The van der Waals surface area contributed by atoms with Crippen molar-refractivity contribution in [1.29, 1.82) is 0 Å². The van der Waals surface area contributed by atoms with Crippen LogP contribution in [-0.2, 0) is 18.4 Å². The van der Waals surface area contributed by atoms with Gasteiger partial charge in [-0.3, -0.25) is 9.36 Å². The summed E-state index contributed by atoms with van der Waals surface area (Å²) >= 11 is 0. The van der Waals surface area contributed by atoms with Gasteiger partial charge in [0.05, 0.1) is 19.3 Å². The van der Waals surface area contributed by atoms with Crippen molar-refractivity contribution in [2.45, 2.75) is 59.0 Å². The number of ketones is 1. The van der Waals surface area contributed by atoms with Gasteiger partial charge in [-0.25, -0.2) is 0 Å². The fraction of sp³-hybridized carbons (Fsp3) is 0.923. The molecule has 5 nitrogen and oxygen atoms in total. The summed E-state index contributed by atoms with van der Waals surface area (Å²) in [4.78, 5) is 11.8. The lowest BCUT2D eigenvalue weighted by Crippen LogP contribution is -2.17. The van der Waals surface area contributed by atoms with Crippen LogP contribution in [0.3, 0.4) is 0 Å². The summed E-state index contributed by atoms with van der Waals surface area (Å²) < 4.78 is 22.2. The molecule has 114 valence electrons. The Balaban J connectivity index is 4.15. The maximum Gasteiger partial charge on any atom is 0.338 e. The molecule has 0 aromatic carbocycles. The maximum absolute atomic E-state index is 12.1. The van der Waals surface area contributed by atoms with Gasteiger partial charge in [0.2, 0.25) is 0 Å². The minimum atomic E-state index is -3.32. The molecule has 6 heteroatoms. The van der Waals surface area contributed by atoms with Crippen molar-refractivity contribution >= 4 is 13.4 Å². The molecule has 0 aromatic rings. The van der Waals surface area contributed by atoms with Gasteiger partial charge in [-0.1, -0.05) is 26.2 Å². The van der Waals surface area contributed by atoms with Crippen molar-refractivity contribution in [2.24, 2.45) is 0 Å². The topological polar surface area (TPSA) is 72.8 Å². The fourth-order valence-electron chi connectivity index (χ4n) is 1.80. The number of hydrogen-bond acceptors (Lipinski definition) is 5. The molecule has 0 aromatic heterocycles.